The summed E-state index contributed by atoms with van der Waals surface area (Å²) >= 11 is 0. The highest BCUT2D eigenvalue weighted by atomic mass is 32.2. The van der Waals surface area contributed by atoms with Crippen LogP contribution in [0.15, 0.2) is 23.4 Å². The number of sulfonamides is 1. The van der Waals surface area contributed by atoms with Crippen LogP contribution in [-0.4, -0.2) is 37.9 Å². The van der Waals surface area contributed by atoms with Crippen molar-refractivity contribution < 1.29 is 13.2 Å². The van der Waals surface area contributed by atoms with Crippen LogP contribution in [0.25, 0.3) is 0 Å². The van der Waals surface area contributed by atoms with Gasteiger partial charge >= 0.3 is 0 Å². The van der Waals surface area contributed by atoms with Gasteiger partial charge in [0.25, 0.3) is 0 Å². The summed E-state index contributed by atoms with van der Waals surface area (Å²) in [5, 5.41) is 0. The second-order valence-corrected chi connectivity index (χ2v) is 5.96. The summed E-state index contributed by atoms with van der Waals surface area (Å²) in [5.41, 5.74) is 0. The maximum absolute atomic E-state index is 12.3. The van der Waals surface area contributed by atoms with Crippen molar-refractivity contribution >= 4 is 10.0 Å². The normalized spacial score (nSPS) is 17.9. The zero-order chi connectivity index (χ0) is 12.3. The zero-order valence-electron chi connectivity index (χ0n) is 9.80. The first-order valence-electron chi connectivity index (χ1n) is 5.64. The first-order chi connectivity index (χ1) is 8.14. The molecule has 1 aliphatic rings. The molecule has 0 saturated carbocycles. The third kappa shape index (κ3) is 2.58. The lowest BCUT2D eigenvalue weighted by atomic mass is 10.2. The average Bonchev–Trinajstić information content (AvgIpc) is 2.40. The van der Waals surface area contributed by atoms with Crippen LogP contribution in [-0.2, 0) is 10.0 Å². The summed E-state index contributed by atoms with van der Waals surface area (Å²) in [7, 11) is -1.91. The minimum atomic E-state index is -3.40. The predicted octanol–water partition coefficient (Wildman–Crippen LogP) is 1.26. The van der Waals surface area contributed by atoms with E-state index < -0.39 is 10.0 Å². The fourth-order valence-electron chi connectivity index (χ4n) is 1.91. The lowest BCUT2D eigenvalue weighted by Crippen LogP contribution is -2.35. The second kappa shape index (κ2) is 5.01. The number of aromatic nitrogens is 1. The van der Waals surface area contributed by atoms with Gasteiger partial charge < -0.3 is 4.74 Å². The Morgan fingerprint density at radius 3 is 2.59 bits per heavy atom. The van der Waals surface area contributed by atoms with E-state index in [-0.39, 0.29) is 4.90 Å². The molecule has 1 aliphatic heterocycles. The van der Waals surface area contributed by atoms with Gasteiger partial charge in [-0.3, -0.25) is 4.98 Å². The highest BCUT2D eigenvalue weighted by Crippen LogP contribution is 2.22. The molecule has 1 fully saturated rings. The molecule has 0 bridgehead atoms. The van der Waals surface area contributed by atoms with Crippen molar-refractivity contribution in [1.29, 1.82) is 0 Å². The van der Waals surface area contributed by atoms with E-state index in [1.165, 1.54) is 29.9 Å². The molecule has 0 unspecified atom stereocenters. The zero-order valence-corrected chi connectivity index (χ0v) is 10.6. The molecule has 0 atom stereocenters. The van der Waals surface area contributed by atoms with Gasteiger partial charge in [0.05, 0.1) is 13.3 Å². The highest BCUT2D eigenvalue weighted by molar-refractivity contribution is 7.89. The van der Waals surface area contributed by atoms with Gasteiger partial charge in [-0.2, -0.15) is 4.31 Å². The Morgan fingerprint density at radius 1 is 1.24 bits per heavy atom. The molecule has 0 aromatic carbocycles. The van der Waals surface area contributed by atoms with Crippen LogP contribution in [0.1, 0.15) is 19.3 Å². The van der Waals surface area contributed by atoms with Gasteiger partial charge in [0.2, 0.25) is 10.0 Å². The van der Waals surface area contributed by atoms with Crippen LogP contribution < -0.4 is 4.74 Å². The molecule has 0 aliphatic carbocycles. The number of methoxy groups -OCH3 is 1. The molecule has 6 heteroatoms. The van der Waals surface area contributed by atoms with Gasteiger partial charge in [0, 0.05) is 25.4 Å². The molecular formula is C11H16N2O3S. The fourth-order valence-corrected chi connectivity index (χ4v) is 3.40. The van der Waals surface area contributed by atoms with E-state index in [1.807, 2.05) is 0 Å². The Labute approximate surface area is 101 Å². The Hall–Kier alpha value is -1.14. The van der Waals surface area contributed by atoms with Gasteiger partial charge in [-0.15, -0.1) is 0 Å². The molecule has 1 aromatic rings. The Morgan fingerprint density at radius 2 is 1.94 bits per heavy atom. The van der Waals surface area contributed by atoms with Crippen molar-refractivity contribution in [2.24, 2.45) is 0 Å². The fraction of sp³-hybridized carbons (Fsp3) is 0.545. The molecule has 2 heterocycles. The number of piperidine rings is 1. The summed E-state index contributed by atoms with van der Waals surface area (Å²) in [6.07, 6.45) is 5.82. The van der Waals surface area contributed by atoms with Gasteiger partial charge in [0.1, 0.15) is 10.6 Å². The number of rotatable bonds is 3. The van der Waals surface area contributed by atoms with Crippen molar-refractivity contribution in [1.82, 2.24) is 9.29 Å². The summed E-state index contributed by atoms with van der Waals surface area (Å²) in [5.74, 6) is 0.461. The first-order valence-corrected chi connectivity index (χ1v) is 7.08. The maximum atomic E-state index is 12.3. The SMILES string of the molecule is COc1cncc(S(=O)(=O)N2CCCCC2)c1. The van der Waals surface area contributed by atoms with Crippen LogP contribution >= 0.6 is 0 Å². The lowest BCUT2D eigenvalue weighted by Gasteiger charge is -2.25. The van der Waals surface area contributed by atoms with E-state index >= 15 is 0 Å². The molecule has 0 N–H and O–H groups in total. The Balaban J connectivity index is 2.29. The van der Waals surface area contributed by atoms with E-state index in [0.29, 0.717) is 18.8 Å². The Bertz CT molecular complexity index is 481. The van der Waals surface area contributed by atoms with Crippen molar-refractivity contribution in [2.75, 3.05) is 20.2 Å². The van der Waals surface area contributed by atoms with Crippen LogP contribution in [0.4, 0.5) is 0 Å². The van der Waals surface area contributed by atoms with Gasteiger partial charge in [-0.05, 0) is 12.8 Å². The highest BCUT2D eigenvalue weighted by Gasteiger charge is 2.26. The smallest absolute Gasteiger partial charge is 0.244 e. The Kier molecular flexibility index (Phi) is 3.63. The molecule has 5 nitrogen and oxygen atoms in total. The van der Waals surface area contributed by atoms with Crippen molar-refractivity contribution in [3.8, 4) is 5.75 Å². The van der Waals surface area contributed by atoms with Crippen LogP contribution in [0.5, 0.6) is 5.75 Å². The second-order valence-electron chi connectivity index (χ2n) is 4.03. The minimum absolute atomic E-state index is 0.207. The largest absolute Gasteiger partial charge is 0.495 e. The maximum Gasteiger partial charge on any atom is 0.244 e. The van der Waals surface area contributed by atoms with Crippen LogP contribution in [0.2, 0.25) is 0 Å². The topological polar surface area (TPSA) is 59.5 Å². The number of nitrogens with zero attached hydrogens (tertiary/aromatic N) is 2. The molecule has 1 aromatic heterocycles. The van der Waals surface area contributed by atoms with Gasteiger partial charge in [0.15, 0.2) is 0 Å². The molecule has 0 spiro atoms. The van der Waals surface area contributed by atoms with Crippen LogP contribution in [0.3, 0.4) is 0 Å². The molecular weight excluding hydrogens is 240 g/mol. The van der Waals surface area contributed by atoms with Gasteiger partial charge in [-0.25, -0.2) is 8.42 Å². The standard InChI is InChI=1S/C11H16N2O3S/c1-16-10-7-11(9-12-8-10)17(14,15)13-5-3-2-4-6-13/h7-9H,2-6H2,1H3. The third-order valence-electron chi connectivity index (χ3n) is 2.88. The van der Waals surface area contributed by atoms with E-state index in [0.717, 1.165) is 19.3 Å². The van der Waals surface area contributed by atoms with E-state index in [2.05, 4.69) is 4.98 Å². The molecule has 2 rings (SSSR count). The lowest BCUT2D eigenvalue weighted by molar-refractivity contribution is 0.346. The number of ether oxygens (including phenoxy) is 1. The predicted molar refractivity (Wildman–Crippen MR) is 63.4 cm³/mol. The summed E-state index contributed by atoms with van der Waals surface area (Å²) in [6, 6.07) is 1.51. The number of hydrogen-bond donors (Lipinski definition) is 0. The molecule has 0 radical (unpaired) electrons. The number of pyridine rings is 1. The summed E-state index contributed by atoms with van der Waals surface area (Å²) in [6.45, 7) is 1.19. The first kappa shape index (κ1) is 12.3. The van der Waals surface area contributed by atoms with Crippen molar-refractivity contribution in [2.45, 2.75) is 24.2 Å². The van der Waals surface area contributed by atoms with E-state index in [1.54, 1.807) is 0 Å². The third-order valence-corrected chi connectivity index (χ3v) is 4.74. The van der Waals surface area contributed by atoms with Crippen molar-refractivity contribution in [3.05, 3.63) is 18.5 Å². The van der Waals surface area contributed by atoms with Crippen molar-refractivity contribution in [3.63, 3.8) is 0 Å². The summed E-state index contributed by atoms with van der Waals surface area (Å²) < 4.78 is 31.1. The van der Waals surface area contributed by atoms with Gasteiger partial charge in [-0.1, -0.05) is 6.42 Å². The molecule has 94 valence electrons. The van der Waals surface area contributed by atoms with E-state index in [4.69, 9.17) is 4.74 Å². The molecule has 0 amide bonds. The average molecular weight is 256 g/mol. The monoisotopic (exact) mass is 256 g/mol. The molecule has 17 heavy (non-hydrogen) atoms. The van der Waals surface area contributed by atoms with E-state index in [9.17, 15) is 8.42 Å². The quantitative estimate of drug-likeness (QED) is 0.817. The molecule has 1 saturated heterocycles. The van der Waals surface area contributed by atoms with Crippen LogP contribution in [0, 0.1) is 0 Å². The summed E-state index contributed by atoms with van der Waals surface area (Å²) in [4.78, 5) is 4.09. The number of hydrogen-bond acceptors (Lipinski definition) is 4. The minimum Gasteiger partial charge on any atom is -0.495 e.